The molecule has 1 aromatic carbocycles. The molecule has 0 fully saturated rings. The Labute approximate surface area is 132 Å². The van der Waals surface area contributed by atoms with Gasteiger partial charge in [-0.1, -0.05) is 37.3 Å². The number of alkyl carbamates (subject to hydrolysis) is 1. The van der Waals surface area contributed by atoms with E-state index >= 15 is 0 Å². The highest BCUT2D eigenvalue weighted by molar-refractivity contribution is 5.67. The van der Waals surface area contributed by atoms with Crippen molar-refractivity contribution in [3.63, 3.8) is 0 Å². The molecule has 0 saturated carbocycles. The maximum atomic E-state index is 13.0. The molecule has 0 unspecified atom stereocenters. The van der Waals surface area contributed by atoms with Crippen LogP contribution in [-0.2, 0) is 11.3 Å². The summed E-state index contributed by atoms with van der Waals surface area (Å²) in [4.78, 5) is 11.7. The van der Waals surface area contributed by atoms with Crippen LogP contribution in [0.25, 0.3) is 0 Å². The first-order chi connectivity index (χ1) is 10.8. The van der Waals surface area contributed by atoms with Gasteiger partial charge in [0, 0.05) is 0 Å². The SMILES string of the molecule is CC[C@H]([C@H](NC(=O)OCc1ccccc1)[C@@H](O)CO)C(F)(F)F. The summed E-state index contributed by atoms with van der Waals surface area (Å²) in [5.41, 5.74) is 0.671. The lowest BCUT2D eigenvalue weighted by Crippen LogP contribution is -2.53. The normalized spacial score (nSPS) is 15.6. The van der Waals surface area contributed by atoms with Crippen LogP contribution in [0, 0.1) is 5.92 Å². The zero-order valence-corrected chi connectivity index (χ0v) is 12.6. The van der Waals surface area contributed by atoms with E-state index in [4.69, 9.17) is 9.84 Å². The maximum absolute atomic E-state index is 13.0. The molecule has 0 aliphatic carbocycles. The van der Waals surface area contributed by atoms with Gasteiger partial charge in [-0.2, -0.15) is 13.2 Å². The van der Waals surface area contributed by atoms with Gasteiger partial charge in [0.25, 0.3) is 0 Å². The number of hydrogen-bond acceptors (Lipinski definition) is 4. The van der Waals surface area contributed by atoms with Crippen LogP contribution in [0.15, 0.2) is 30.3 Å². The van der Waals surface area contributed by atoms with Gasteiger partial charge in [-0.3, -0.25) is 0 Å². The number of nitrogens with one attached hydrogen (secondary N) is 1. The third-order valence-electron chi connectivity index (χ3n) is 3.39. The zero-order valence-electron chi connectivity index (χ0n) is 12.6. The molecule has 1 amide bonds. The van der Waals surface area contributed by atoms with Crippen LogP contribution >= 0.6 is 0 Å². The second kappa shape index (κ2) is 8.73. The molecular weight excluding hydrogens is 315 g/mol. The molecule has 0 spiro atoms. The fraction of sp³-hybridized carbons (Fsp3) is 0.533. The summed E-state index contributed by atoms with van der Waals surface area (Å²) in [5.74, 6) is -1.99. The lowest BCUT2D eigenvalue weighted by atomic mass is 9.92. The van der Waals surface area contributed by atoms with Crippen LogP contribution < -0.4 is 5.32 Å². The number of carbonyl (C=O) groups is 1. The Morgan fingerprint density at radius 2 is 1.91 bits per heavy atom. The van der Waals surface area contributed by atoms with Gasteiger partial charge in [-0.25, -0.2) is 4.79 Å². The van der Waals surface area contributed by atoms with E-state index in [1.807, 2.05) is 5.32 Å². The van der Waals surface area contributed by atoms with Crippen LogP contribution in [0.3, 0.4) is 0 Å². The second-order valence-corrected chi connectivity index (χ2v) is 5.04. The minimum Gasteiger partial charge on any atom is -0.445 e. The fourth-order valence-corrected chi connectivity index (χ4v) is 2.17. The Morgan fingerprint density at radius 3 is 2.39 bits per heavy atom. The number of aliphatic hydroxyl groups is 2. The summed E-state index contributed by atoms with van der Waals surface area (Å²) in [6, 6.07) is 6.92. The van der Waals surface area contributed by atoms with E-state index in [0.29, 0.717) is 5.56 Å². The molecule has 8 heteroatoms. The number of benzene rings is 1. The average molecular weight is 335 g/mol. The van der Waals surface area contributed by atoms with E-state index < -0.39 is 36.9 Å². The van der Waals surface area contributed by atoms with Gasteiger partial charge >= 0.3 is 12.3 Å². The number of alkyl halides is 3. The number of aliphatic hydroxyl groups excluding tert-OH is 2. The molecule has 1 aromatic rings. The van der Waals surface area contributed by atoms with Crippen molar-refractivity contribution in [3.05, 3.63) is 35.9 Å². The number of halogens is 3. The zero-order chi connectivity index (χ0) is 17.5. The highest BCUT2D eigenvalue weighted by Gasteiger charge is 2.46. The molecule has 0 aliphatic heterocycles. The summed E-state index contributed by atoms with van der Waals surface area (Å²) >= 11 is 0. The summed E-state index contributed by atoms with van der Waals surface area (Å²) in [6.07, 6.45) is -7.81. The molecule has 5 nitrogen and oxygen atoms in total. The Kier molecular flexibility index (Phi) is 7.31. The topological polar surface area (TPSA) is 78.8 Å². The second-order valence-electron chi connectivity index (χ2n) is 5.04. The van der Waals surface area contributed by atoms with Gasteiger partial charge in [0.05, 0.1) is 24.7 Å². The van der Waals surface area contributed by atoms with Crippen molar-refractivity contribution in [3.8, 4) is 0 Å². The summed E-state index contributed by atoms with van der Waals surface area (Å²) in [5, 5.41) is 20.5. The Bertz CT molecular complexity index is 481. The molecule has 0 bridgehead atoms. The van der Waals surface area contributed by atoms with Gasteiger partial charge in [0.2, 0.25) is 0 Å². The molecule has 1 rings (SSSR count). The average Bonchev–Trinajstić information content (AvgIpc) is 2.51. The van der Waals surface area contributed by atoms with Crippen molar-refractivity contribution in [2.75, 3.05) is 6.61 Å². The first-order valence-electron chi connectivity index (χ1n) is 7.12. The van der Waals surface area contributed by atoms with Crippen LogP contribution in [0.1, 0.15) is 18.9 Å². The predicted octanol–water partition coefficient (Wildman–Crippen LogP) is 2.22. The maximum Gasteiger partial charge on any atom is 0.407 e. The van der Waals surface area contributed by atoms with E-state index in [0.717, 1.165) is 0 Å². The van der Waals surface area contributed by atoms with Gasteiger partial charge in [-0.05, 0) is 12.0 Å². The highest BCUT2D eigenvalue weighted by atomic mass is 19.4. The summed E-state index contributed by atoms with van der Waals surface area (Å²) in [6.45, 7) is 0.264. The molecule has 0 radical (unpaired) electrons. The third-order valence-corrected chi connectivity index (χ3v) is 3.39. The van der Waals surface area contributed by atoms with Crippen LogP contribution in [0.4, 0.5) is 18.0 Å². The molecule has 3 N–H and O–H groups in total. The van der Waals surface area contributed by atoms with Gasteiger partial charge in [-0.15, -0.1) is 0 Å². The van der Waals surface area contributed by atoms with Crippen molar-refractivity contribution in [2.24, 2.45) is 5.92 Å². The number of ether oxygens (including phenoxy) is 1. The number of hydrogen-bond donors (Lipinski definition) is 3. The lowest BCUT2D eigenvalue weighted by molar-refractivity contribution is -0.191. The molecule has 0 aliphatic rings. The predicted molar refractivity (Wildman–Crippen MR) is 76.5 cm³/mol. The van der Waals surface area contributed by atoms with Crippen molar-refractivity contribution in [1.29, 1.82) is 0 Å². The fourth-order valence-electron chi connectivity index (χ4n) is 2.17. The molecule has 130 valence electrons. The van der Waals surface area contributed by atoms with E-state index in [1.54, 1.807) is 30.3 Å². The van der Waals surface area contributed by atoms with Crippen molar-refractivity contribution in [2.45, 2.75) is 38.3 Å². The standard InChI is InChI=1S/C15H20F3NO4/c1-2-11(15(16,17)18)13(12(21)8-20)19-14(22)23-9-10-6-4-3-5-7-10/h3-7,11-13,20-21H,2,8-9H2,1H3,(H,19,22)/t11-,12+,13+/m1/s1. The van der Waals surface area contributed by atoms with Gasteiger partial charge in [0.15, 0.2) is 0 Å². The van der Waals surface area contributed by atoms with E-state index in [2.05, 4.69) is 0 Å². The minimum atomic E-state index is -4.62. The quantitative estimate of drug-likeness (QED) is 0.714. The van der Waals surface area contributed by atoms with Gasteiger partial charge in [0.1, 0.15) is 6.61 Å². The minimum absolute atomic E-state index is 0.114. The molecule has 0 heterocycles. The van der Waals surface area contributed by atoms with Crippen LogP contribution in [0.5, 0.6) is 0 Å². The summed E-state index contributed by atoms with van der Waals surface area (Å²) in [7, 11) is 0. The monoisotopic (exact) mass is 335 g/mol. The first-order valence-corrected chi connectivity index (χ1v) is 7.12. The first kappa shape index (κ1) is 19.2. The molecule has 0 aromatic heterocycles. The van der Waals surface area contributed by atoms with Crippen LogP contribution in [-0.4, -0.2) is 41.2 Å². The number of amides is 1. The van der Waals surface area contributed by atoms with E-state index in [-0.39, 0.29) is 13.0 Å². The Hall–Kier alpha value is -1.80. The van der Waals surface area contributed by atoms with Crippen molar-refractivity contribution in [1.82, 2.24) is 5.32 Å². The Balaban J connectivity index is 2.71. The molecule has 23 heavy (non-hydrogen) atoms. The molecule has 0 saturated heterocycles. The summed E-state index contributed by atoms with van der Waals surface area (Å²) < 4.78 is 43.8. The number of carbonyl (C=O) groups excluding carboxylic acids is 1. The highest BCUT2D eigenvalue weighted by Crippen LogP contribution is 2.32. The van der Waals surface area contributed by atoms with Crippen molar-refractivity contribution < 1.29 is 32.9 Å². The molecule has 3 atom stereocenters. The molecular formula is C15H20F3NO4. The van der Waals surface area contributed by atoms with Gasteiger partial charge < -0.3 is 20.3 Å². The smallest absolute Gasteiger partial charge is 0.407 e. The van der Waals surface area contributed by atoms with Crippen molar-refractivity contribution >= 4 is 6.09 Å². The van der Waals surface area contributed by atoms with E-state index in [1.165, 1.54) is 6.92 Å². The van der Waals surface area contributed by atoms with Crippen LogP contribution in [0.2, 0.25) is 0 Å². The third kappa shape index (κ3) is 6.07. The Morgan fingerprint density at radius 1 is 1.30 bits per heavy atom. The lowest BCUT2D eigenvalue weighted by Gasteiger charge is -2.31. The number of rotatable bonds is 7. The van der Waals surface area contributed by atoms with E-state index in [9.17, 15) is 23.1 Å². The largest absolute Gasteiger partial charge is 0.445 e.